The van der Waals surface area contributed by atoms with Gasteiger partial charge in [-0.15, -0.1) is 0 Å². The largest absolute Gasteiger partial charge is 0.394 e. The van der Waals surface area contributed by atoms with Crippen molar-refractivity contribution in [2.45, 2.75) is 325 Å². The predicted octanol–water partition coefficient (Wildman–Crippen LogP) is 9.50. The lowest BCUT2D eigenvalue weighted by Crippen LogP contribution is -2.65. The molecule has 2 heterocycles. The van der Waals surface area contributed by atoms with Gasteiger partial charge in [-0.05, 0) is 38.5 Å². The highest BCUT2D eigenvalue weighted by molar-refractivity contribution is 5.76. The van der Waals surface area contributed by atoms with Crippen LogP contribution in [-0.4, -0.2) is 140 Å². The molecule has 71 heavy (non-hydrogen) atoms. The number of rotatable bonds is 47. The first-order chi connectivity index (χ1) is 34.6. The minimum atomic E-state index is -1.78. The quantitative estimate of drug-likeness (QED) is 0.0205. The topological polar surface area (TPSA) is 228 Å². The van der Waals surface area contributed by atoms with Crippen molar-refractivity contribution < 1.29 is 64.6 Å². The van der Waals surface area contributed by atoms with E-state index in [1.165, 1.54) is 167 Å². The zero-order valence-electron chi connectivity index (χ0n) is 45.0. The van der Waals surface area contributed by atoms with Crippen molar-refractivity contribution in [2.24, 2.45) is 0 Å². The Morgan fingerprint density at radius 1 is 0.493 bits per heavy atom. The van der Waals surface area contributed by atoms with Crippen molar-refractivity contribution in [1.29, 1.82) is 0 Å². The van der Waals surface area contributed by atoms with Crippen LogP contribution in [0, 0.1) is 0 Å². The van der Waals surface area contributed by atoms with E-state index in [4.69, 9.17) is 18.9 Å². The molecule has 14 nitrogen and oxygen atoms in total. The van der Waals surface area contributed by atoms with Gasteiger partial charge in [-0.1, -0.05) is 219 Å². The monoisotopic (exact) mass is 1020 g/mol. The summed E-state index contributed by atoms with van der Waals surface area (Å²) >= 11 is 0. The molecular formula is C57H109NO13. The Morgan fingerprint density at radius 3 is 1.34 bits per heavy atom. The number of aliphatic hydroxyl groups excluding tert-OH is 8. The Hall–Kier alpha value is -1.27. The standard InChI is InChI=1S/C57H109NO13/c1-3-5-7-9-11-13-15-17-19-21-23-24-26-28-30-32-34-36-38-40-46(61)45(58-49(62)41-39-37-35-33-31-29-27-25-22-20-18-16-14-12-10-8-6-4-2)44-68-56-54(67)52(65)55(48(43-60)70-56)71-57-53(66)51(64)50(63)47(42-59)69-57/h20,22,45-48,50-57,59-61,63-67H,3-19,21,23-44H2,1-2H3,(H,58,62)/b22-20-. The summed E-state index contributed by atoms with van der Waals surface area (Å²) in [5.41, 5.74) is 0. The lowest BCUT2D eigenvalue weighted by atomic mass is 9.97. The van der Waals surface area contributed by atoms with Crippen LogP contribution in [0.3, 0.4) is 0 Å². The Bertz CT molecular complexity index is 1240. The number of carbonyl (C=O) groups excluding carboxylic acids is 1. The molecule has 420 valence electrons. The second kappa shape index (κ2) is 43.9. The van der Waals surface area contributed by atoms with Crippen LogP contribution < -0.4 is 5.32 Å². The summed E-state index contributed by atoms with van der Waals surface area (Å²) < 4.78 is 22.8. The van der Waals surface area contributed by atoms with Crippen LogP contribution in [-0.2, 0) is 23.7 Å². The molecule has 0 radical (unpaired) electrons. The number of hydrogen-bond acceptors (Lipinski definition) is 13. The molecule has 9 N–H and O–H groups in total. The molecule has 2 aliphatic heterocycles. The number of ether oxygens (including phenoxy) is 4. The van der Waals surface area contributed by atoms with Gasteiger partial charge in [0.25, 0.3) is 0 Å². The number of amides is 1. The highest BCUT2D eigenvalue weighted by atomic mass is 16.7. The summed E-state index contributed by atoms with van der Waals surface area (Å²) in [4.78, 5) is 13.3. The molecule has 2 rings (SSSR count). The fourth-order valence-corrected chi connectivity index (χ4v) is 9.94. The van der Waals surface area contributed by atoms with Crippen LogP contribution in [0.1, 0.15) is 251 Å². The molecule has 0 aromatic rings. The Morgan fingerprint density at radius 2 is 0.887 bits per heavy atom. The fourth-order valence-electron chi connectivity index (χ4n) is 9.94. The van der Waals surface area contributed by atoms with Crippen molar-refractivity contribution in [3.05, 3.63) is 12.2 Å². The molecule has 0 saturated carbocycles. The highest BCUT2D eigenvalue weighted by Crippen LogP contribution is 2.30. The Balaban J connectivity index is 1.77. The molecule has 0 spiro atoms. The molecule has 2 saturated heterocycles. The van der Waals surface area contributed by atoms with Gasteiger partial charge < -0.3 is 65.1 Å². The van der Waals surface area contributed by atoms with E-state index < -0.39 is 86.8 Å². The molecule has 0 aromatic carbocycles. The number of aliphatic hydroxyl groups is 8. The normalized spacial score (nSPS) is 25.8. The van der Waals surface area contributed by atoms with Gasteiger partial charge in [0.15, 0.2) is 12.6 Å². The minimum Gasteiger partial charge on any atom is -0.394 e. The summed E-state index contributed by atoms with van der Waals surface area (Å²) in [6, 6.07) is -0.828. The van der Waals surface area contributed by atoms with E-state index in [0.29, 0.717) is 12.8 Å². The van der Waals surface area contributed by atoms with E-state index >= 15 is 0 Å². The molecule has 12 unspecified atom stereocenters. The SMILES string of the molecule is CCCCCCCCC/C=C\CCCCCCCCCC(=O)NC(COC1OC(CO)C(OC2OC(CO)C(O)C(O)C2O)C(O)C1O)C(O)CCCCCCCCCCCCCCCCCCCCC. The smallest absolute Gasteiger partial charge is 0.220 e. The Kier molecular flexibility index (Phi) is 40.7. The third-order valence-corrected chi connectivity index (χ3v) is 14.7. The van der Waals surface area contributed by atoms with Gasteiger partial charge >= 0.3 is 0 Å². The zero-order valence-corrected chi connectivity index (χ0v) is 45.0. The van der Waals surface area contributed by atoms with Gasteiger partial charge in [-0.3, -0.25) is 4.79 Å². The van der Waals surface area contributed by atoms with Gasteiger partial charge in [-0.2, -0.15) is 0 Å². The maximum Gasteiger partial charge on any atom is 0.220 e. The second-order valence-corrected chi connectivity index (χ2v) is 21.1. The first kappa shape index (κ1) is 65.8. The molecule has 2 aliphatic rings. The number of unbranched alkanes of at least 4 members (excludes halogenated alkanes) is 32. The third kappa shape index (κ3) is 30.2. The van der Waals surface area contributed by atoms with Crippen LogP contribution in [0.15, 0.2) is 12.2 Å². The van der Waals surface area contributed by atoms with Crippen molar-refractivity contribution in [2.75, 3.05) is 19.8 Å². The van der Waals surface area contributed by atoms with Gasteiger partial charge in [-0.25, -0.2) is 0 Å². The number of nitrogens with one attached hydrogen (secondary N) is 1. The summed E-state index contributed by atoms with van der Waals surface area (Å²) in [7, 11) is 0. The second-order valence-electron chi connectivity index (χ2n) is 21.1. The fraction of sp³-hybridized carbons (Fsp3) is 0.947. The zero-order chi connectivity index (χ0) is 51.7. The lowest BCUT2D eigenvalue weighted by Gasteiger charge is -2.46. The minimum absolute atomic E-state index is 0.208. The van der Waals surface area contributed by atoms with Crippen molar-refractivity contribution in [3.8, 4) is 0 Å². The van der Waals surface area contributed by atoms with E-state index in [0.717, 1.165) is 57.8 Å². The number of hydrogen-bond donors (Lipinski definition) is 9. The summed E-state index contributed by atoms with van der Waals surface area (Å²) in [5, 5.41) is 87.2. The molecule has 1 amide bonds. The molecule has 14 heteroatoms. The van der Waals surface area contributed by atoms with E-state index in [-0.39, 0.29) is 12.5 Å². The highest BCUT2D eigenvalue weighted by Gasteiger charge is 2.51. The molecular weight excluding hydrogens is 907 g/mol. The van der Waals surface area contributed by atoms with Crippen LogP contribution >= 0.6 is 0 Å². The lowest BCUT2D eigenvalue weighted by molar-refractivity contribution is -0.359. The van der Waals surface area contributed by atoms with Gasteiger partial charge in [0.1, 0.15) is 48.8 Å². The van der Waals surface area contributed by atoms with Crippen LogP contribution in [0.2, 0.25) is 0 Å². The van der Waals surface area contributed by atoms with E-state index in [1.54, 1.807) is 0 Å². The molecule has 0 bridgehead atoms. The van der Waals surface area contributed by atoms with Crippen LogP contribution in [0.5, 0.6) is 0 Å². The molecule has 2 fully saturated rings. The summed E-state index contributed by atoms with van der Waals surface area (Å²) in [5.74, 6) is -0.208. The first-order valence-electron chi connectivity index (χ1n) is 29.4. The van der Waals surface area contributed by atoms with Crippen molar-refractivity contribution >= 4 is 5.91 Å². The third-order valence-electron chi connectivity index (χ3n) is 14.7. The van der Waals surface area contributed by atoms with Gasteiger partial charge in [0.2, 0.25) is 5.91 Å². The maximum atomic E-state index is 13.3. The van der Waals surface area contributed by atoms with E-state index in [9.17, 15) is 45.6 Å². The predicted molar refractivity (Wildman–Crippen MR) is 282 cm³/mol. The van der Waals surface area contributed by atoms with Gasteiger partial charge in [0, 0.05) is 6.42 Å². The number of carbonyl (C=O) groups is 1. The summed E-state index contributed by atoms with van der Waals surface area (Å²) in [6.07, 6.45) is 32.0. The Labute approximate surface area is 431 Å². The first-order valence-corrected chi connectivity index (χ1v) is 29.4. The molecule has 0 aromatic heterocycles. The van der Waals surface area contributed by atoms with E-state index in [2.05, 4.69) is 31.3 Å². The van der Waals surface area contributed by atoms with Crippen molar-refractivity contribution in [3.63, 3.8) is 0 Å². The molecule has 12 atom stereocenters. The summed E-state index contributed by atoms with van der Waals surface area (Å²) in [6.45, 7) is 2.88. The maximum absolute atomic E-state index is 13.3. The van der Waals surface area contributed by atoms with Crippen LogP contribution in [0.4, 0.5) is 0 Å². The molecule has 0 aliphatic carbocycles. The van der Waals surface area contributed by atoms with Crippen molar-refractivity contribution in [1.82, 2.24) is 5.32 Å². The van der Waals surface area contributed by atoms with Gasteiger partial charge in [0.05, 0.1) is 32.0 Å². The average Bonchev–Trinajstić information content (AvgIpc) is 3.37. The van der Waals surface area contributed by atoms with Crippen LogP contribution in [0.25, 0.3) is 0 Å². The van der Waals surface area contributed by atoms with E-state index in [1.807, 2.05) is 0 Å². The average molecular weight is 1020 g/mol. The number of allylic oxidation sites excluding steroid dienone is 2.